The van der Waals surface area contributed by atoms with Gasteiger partial charge in [-0.25, -0.2) is 0 Å². The van der Waals surface area contributed by atoms with Crippen LogP contribution in [0.4, 0.5) is 11.4 Å². The van der Waals surface area contributed by atoms with Gasteiger partial charge in [-0.1, -0.05) is 54.6 Å². The molecular weight excluding hydrogens is 340 g/mol. The van der Waals surface area contributed by atoms with Crippen molar-refractivity contribution in [1.29, 1.82) is 0 Å². The lowest BCUT2D eigenvalue weighted by Crippen LogP contribution is -2.21. The van der Waals surface area contributed by atoms with Crippen LogP contribution in [0.1, 0.15) is 13.8 Å². The molecule has 0 saturated heterocycles. The normalized spacial score (nSPS) is 11.1. The fourth-order valence-corrected chi connectivity index (χ4v) is 4.21. The van der Waals surface area contributed by atoms with Crippen molar-refractivity contribution in [2.75, 3.05) is 37.0 Å². The summed E-state index contributed by atoms with van der Waals surface area (Å²) >= 11 is 0. The van der Waals surface area contributed by atoms with Crippen LogP contribution in [-0.2, 0) is 0 Å². The minimum Gasteiger partial charge on any atom is -0.377 e. The Kier molecular flexibility index (Phi) is 4.95. The predicted octanol–water partition coefficient (Wildman–Crippen LogP) is 6.57. The zero-order valence-corrected chi connectivity index (χ0v) is 17.2. The lowest BCUT2D eigenvalue weighted by atomic mass is 9.95. The summed E-state index contributed by atoms with van der Waals surface area (Å²) in [6.07, 6.45) is 0. The highest BCUT2D eigenvalue weighted by molar-refractivity contribution is 6.05. The first-order chi connectivity index (χ1) is 13.6. The summed E-state index contributed by atoms with van der Waals surface area (Å²) in [5.41, 5.74) is 5.14. The van der Waals surface area contributed by atoms with E-state index < -0.39 is 0 Å². The third-order valence-corrected chi connectivity index (χ3v) is 5.65. The van der Waals surface area contributed by atoms with Crippen molar-refractivity contribution in [3.8, 4) is 11.1 Å². The summed E-state index contributed by atoms with van der Waals surface area (Å²) in [6, 6.07) is 26.7. The topological polar surface area (TPSA) is 6.48 Å². The van der Waals surface area contributed by atoms with E-state index in [1.807, 2.05) is 0 Å². The van der Waals surface area contributed by atoms with E-state index in [0.717, 1.165) is 13.1 Å². The molecular formula is C26H28N2. The molecule has 28 heavy (non-hydrogen) atoms. The quantitative estimate of drug-likeness (QED) is 0.393. The molecule has 0 unspecified atom stereocenters. The molecule has 0 aliphatic carbocycles. The number of benzene rings is 4. The molecule has 2 heteroatoms. The first-order valence-electron chi connectivity index (χ1n) is 10.1. The highest BCUT2D eigenvalue weighted by atomic mass is 15.1. The lowest BCUT2D eigenvalue weighted by Gasteiger charge is -2.23. The molecule has 0 spiro atoms. The van der Waals surface area contributed by atoms with Crippen LogP contribution in [0.3, 0.4) is 0 Å². The monoisotopic (exact) mass is 368 g/mol. The second kappa shape index (κ2) is 7.55. The molecule has 0 heterocycles. The fraction of sp³-hybridized carbons (Fsp3) is 0.231. The molecule has 0 aliphatic heterocycles. The van der Waals surface area contributed by atoms with Gasteiger partial charge in [-0.2, -0.15) is 0 Å². The highest BCUT2D eigenvalue weighted by Crippen LogP contribution is 2.36. The van der Waals surface area contributed by atoms with E-state index >= 15 is 0 Å². The van der Waals surface area contributed by atoms with Gasteiger partial charge in [0.05, 0.1) is 0 Å². The molecule has 2 nitrogen and oxygen atoms in total. The number of hydrogen-bond donors (Lipinski definition) is 0. The summed E-state index contributed by atoms with van der Waals surface area (Å²) in [5.74, 6) is 0. The van der Waals surface area contributed by atoms with Crippen molar-refractivity contribution in [3.63, 3.8) is 0 Å². The van der Waals surface area contributed by atoms with Crippen LogP contribution in [0.15, 0.2) is 72.8 Å². The van der Waals surface area contributed by atoms with Gasteiger partial charge in [0.2, 0.25) is 0 Å². The maximum Gasteiger partial charge on any atom is 0.0445 e. The second-order valence-electron chi connectivity index (χ2n) is 7.46. The summed E-state index contributed by atoms with van der Waals surface area (Å²) in [7, 11) is 4.20. The molecule has 0 aromatic heterocycles. The summed E-state index contributed by atoms with van der Waals surface area (Å²) < 4.78 is 0. The number of hydrogen-bond acceptors (Lipinski definition) is 2. The summed E-state index contributed by atoms with van der Waals surface area (Å²) in [4.78, 5) is 4.60. The molecule has 142 valence electrons. The Bertz CT molecular complexity index is 1120. The Morgan fingerprint density at radius 1 is 0.643 bits per heavy atom. The van der Waals surface area contributed by atoms with Gasteiger partial charge in [0.1, 0.15) is 0 Å². The van der Waals surface area contributed by atoms with Gasteiger partial charge < -0.3 is 9.80 Å². The Balaban J connectivity index is 1.91. The second-order valence-corrected chi connectivity index (χ2v) is 7.46. The molecule has 0 saturated carbocycles. The van der Waals surface area contributed by atoms with Crippen molar-refractivity contribution in [2.45, 2.75) is 13.8 Å². The minimum atomic E-state index is 1.02. The maximum absolute atomic E-state index is 2.43. The third kappa shape index (κ3) is 3.09. The molecule has 4 aromatic rings. The molecule has 4 rings (SSSR count). The van der Waals surface area contributed by atoms with E-state index in [1.165, 1.54) is 44.0 Å². The molecule has 0 atom stereocenters. The summed E-state index contributed by atoms with van der Waals surface area (Å²) in [5, 5.41) is 5.21. The fourth-order valence-electron chi connectivity index (χ4n) is 4.21. The molecule has 0 bridgehead atoms. The van der Waals surface area contributed by atoms with Gasteiger partial charge in [0.25, 0.3) is 0 Å². The molecule has 0 fully saturated rings. The largest absolute Gasteiger partial charge is 0.377 e. The lowest BCUT2D eigenvalue weighted by molar-refractivity contribution is 0.870. The molecule has 0 N–H and O–H groups in total. The van der Waals surface area contributed by atoms with Crippen LogP contribution in [0.25, 0.3) is 32.7 Å². The van der Waals surface area contributed by atoms with Crippen LogP contribution in [0, 0.1) is 0 Å². The zero-order valence-electron chi connectivity index (χ0n) is 17.2. The number of anilines is 2. The molecule has 0 amide bonds. The maximum atomic E-state index is 2.43. The number of fused-ring (bicyclic) bond motifs is 2. The van der Waals surface area contributed by atoms with Crippen LogP contribution in [0.5, 0.6) is 0 Å². The van der Waals surface area contributed by atoms with Crippen LogP contribution < -0.4 is 9.80 Å². The van der Waals surface area contributed by atoms with Gasteiger partial charge in [-0.05, 0) is 53.9 Å². The zero-order chi connectivity index (χ0) is 19.7. The van der Waals surface area contributed by atoms with Crippen LogP contribution >= 0.6 is 0 Å². The first-order valence-corrected chi connectivity index (χ1v) is 10.1. The van der Waals surface area contributed by atoms with Crippen molar-refractivity contribution >= 4 is 32.9 Å². The first kappa shape index (κ1) is 18.4. The third-order valence-electron chi connectivity index (χ3n) is 5.65. The van der Waals surface area contributed by atoms with Gasteiger partial charge in [0.15, 0.2) is 0 Å². The average Bonchev–Trinajstić information content (AvgIpc) is 2.73. The molecule has 0 radical (unpaired) electrons. The SMILES string of the molecule is CCN(CC)c1cccc2c(-c3ccc4c(N(C)C)cccc4c3)cccc12. The van der Waals surface area contributed by atoms with Gasteiger partial charge in [0, 0.05) is 49.3 Å². The number of nitrogens with zero attached hydrogens (tertiary/aromatic N) is 2. The van der Waals surface area contributed by atoms with Gasteiger partial charge >= 0.3 is 0 Å². The Morgan fingerprint density at radius 2 is 1.32 bits per heavy atom. The predicted molar refractivity (Wildman–Crippen MR) is 125 cm³/mol. The van der Waals surface area contributed by atoms with E-state index in [1.54, 1.807) is 0 Å². The Hall–Kier alpha value is -3.00. The molecule has 0 aliphatic rings. The van der Waals surface area contributed by atoms with E-state index in [4.69, 9.17) is 0 Å². The van der Waals surface area contributed by atoms with Crippen LogP contribution in [0.2, 0.25) is 0 Å². The molecule has 4 aromatic carbocycles. The van der Waals surface area contributed by atoms with E-state index in [2.05, 4.69) is 111 Å². The van der Waals surface area contributed by atoms with Gasteiger partial charge in [-0.15, -0.1) is 0 Å². The van der Waals surface area contributed by atoms with Crippen molar-refractivity contribution in [2.24, 2.45) is 0 Å². The van der Waals surface area contributed by atoms with Crippen molar-refractivity contribution in [3.05, 3.63) is 72.8 Å². The highest BCUT2D eigenvalue weighted by Gasteiger charge is 2.11. The van der Waals surface area contributed by atoms with Crippen LogP contribution in [-0.4, -0.2) is 27.2 Å². The smallest absolute Gasteiger partial charge is 0.0445 e. The van der Waals surface area contributed by atoms with Crippen molar-refractivity contribution < 1.29 is 0 Å². The summed E-state index contributed by atoms with van der Waals surface area (Å²) in [6.45, 7) is 6.47. The van der Waals surface area contributed by atoms with E-state index in [0.29, 0.717) is 0 Å². The average molecular weight is 369 g/mol. The van der Waals surface area contributed by atoms with Gasteiger partial charge in [-0.3, -0.25) is 0 Å². The Labute approximate surface area is 168 Å². The minimum absolute atomic E-state index is 1.02. The standard InChI is InChI=1S/C26H28N2/c1-5-28(6-2)26-15-9-12-23-21(11-8-13-24(23)26)20-16-17-22-19(18-20)10-7-14-25(22)27(3)4/h7-18H,5-6H2,1-4H3. The van der Waals surface area contributed by atoms with Crippen molar-refractivity contribution in [1.82, 2.24) is 0 Å². The number of rotatable bonds is 5. The van der Waals surface area contributed by atoms with E-state index in [-0.39, 0.29) is 0 Å². The Morgan fingerprint density at radius 3 is 2.07 bits per heavy atom. The van der Waals surface area contributed by atoms with E-state index in [9.17, 15) is 0 Å².